The number of halogens is 2. The molecule has 1 unspecified atom stereocenters. The maximum absolute atomic E-state index is 13.2. The molecule has 22 heavy (non-hydrogen) atoms. The van der Waals surface area contributed by atoms with E-state index in [2.05, 4.69) is 5.32 Å². The first-order valence-corrected chi connectivity index (χ1v) is 8.98. The van der Waals surface area contributed by atoms with Crippen LogP contribution in [-0.4, -0.2) is 37.3 Å². The summed E-state index contributed by atoms with van der Waals surface area (Å²) >= 11 is 5.67. The van der Waals surface area contributed by atoms with Gasteiger partial charge in [0.15, 0.2) is 0 Å². The zero-order chi connectivity index (χ0) is 15.9. The van der Waals surface area contributed by atoms with E-state index >= 15 is 0 Å². The minimum atomic E-state index is -3.87. The number of carbonyl (C=O) groups excluding carboxylic acids is 1. The van der Waals surface area contributed by atoms with Crippen LogP contribution in [0.2, 0.25) is 5.02 Å². The van der Waals surface area contributed by atoms with Crippen molar-refractivity contribution in [3.63, 3.8) is 0 Å². The predicted molar refractivity (Wildman–Crippen MR) is 79.5 cm³/mol. The van der Waals surface area contributed by atoms with Crippen LogP contribution in [0.3, 0.4) is 0 Å². The highest BCUT2D eigenvalue weighted by molar-refractivity contribution is 7.89. The number of rotatable bonds is 4. The summed E-state index contributed by atoms with van der Waals surface area (Å²) in [4.78, 5) is 12.1. The number of sulfonamides is 1. The zero-order valence-corrected chi connectivity index (χ0v) is 13.3. The lowest BCUT2D eigenvalue weighted by molar-refractivity contribution is -0.124. The Hall–Kier alpha value is -1.18. The van der Waals surface area contributed by atoms with Crippen molar-refractivity contribution in [2.75, 3.05) is 6.54 Å². The molecule has 2 fully saturated rings. The molecule has 1 aromatic carbocycles. The molecule has 1 aliphatic carbocycles. The third kappa shape index (κ3) is 2.98. The van der Waals surface area contributed by atoms with Crippen molar-refractivity contribution in [3.8, 4) is 0 Å². The number of amides is 1. The standard InChI is InChI=1S/C14H16ClFN2O3S/c15-11-8-10(5-6-12(11)16)22(20,21)18-7-1-2-13(18)14(19)17-9-3-4-9/h5-6,8-9,13H,1-4,7H2,(H,17,19). The Labute approximate surface area is 133 Å². The van der Waals surface area contributed by atoms with Crippen molar-refractivity contribution in [3.05, 3.63) is 29.0 Å². The molecule has 1 heterocycles. The van der Waals surface area contributed by atoms with Gasteiger partial charge < -0.3 is 5.32 Å². The summed E-state index contributed by atoms with van der Waals surface area (Å²) in [6, 6.07) is 2.75. The van der Waals surface area contributed by atoms with Crippen LogP contribution in [-0.2, 0) is 14.8 Å². The lowest BCUT2D eigenvalue weighted by Crippen LogP contribution is -2.46. The van der Waals surface area contributed by atoms with E-state index in [1.165, 1.54) is 10.4 Å². The van der Waals surface area contributed by atoms with Crippen LogP contribution >= 0.6 is 11.6 Å². The fourth-order valence-corrected chi connectivity index (χ4v) is 4.52. The molecule has 8 heteroatoms. The van der Waals surface area contributed by atoms with Gasteiger partial charge in [-0.3, -0.25) is 4.79 Å². The summed E-state index contributed by atoms with van der Waals surface area (Å²) in [5.41, 5.74) is 0. The second-order valence-electron chi connectivity index (χ2n) is 5.63. The molecule has 1 amide bonds. The number of hydrogen-bond donors (Lipinski definition) is 1. The molecular weight excluding hydrogens is 331 g/mol. The van der Waals surface area contributed by atoms with Crippen molar-refractivity contribution in [1.82, 2.24) is 9.62 Å². The van der Waals surface area contributed by atoms with Gasteiger partial charge in [0, 0.05) is 12.6 Å². The van der Waals surface area contributed by atoms with Crippen LogP contribution in [0.25, 0.3) is 0 Å². The molecule has 0 spiro atoms. The minimum absolute atomic E-state index is 0.0926. The fraction of sp³-hybridized carbons (Fsp3) is 0.500. The summed E-state index contributed by atoms with van der Waals surface area (Å²) in [5.74, 6) is -0.929. The molecule has 1 aliphatic heterocycles. The van der Waals surface area contributed by atoms with E-state index in [0.717, 1.165) is 25.0 Å². The molecule has 2 aliphatic rings. The van der Waals surface area contributed by atoms with Gasteiger partial charge in [0.2, 0.25) is 15.9 Å². The summed E-state index contributed by atoms with van der Waals surface area (Å²) in [6.45, 7) is 0.278. The third-order valence-electron chi connectivity index (χ3n) is 3.93. The van der Waals surface area contributed by atoms with Crippen molar-refractivity contribution >= 4 is 27.5 Å². The van der Waals surface area contributed by atoms with Gasteiger partial charge in [0.1, 0.15) is 11.9 Å². The summed E-state index contributed by atoms with van der Waals surface area (Å²) < 4.78 is 39.8. The average Bonchev–Trinajstić information content (AvgIpc) is 3.13. The molecule has 120 valence electrons. The number of nitrogens with zero attached hydrogens (tertiary/aromatic N) is 1. The largest absolute Gasteiger partial charge is 0.352 e. The Morgan fingerprint density at radius 1 is 1.32 bits per heavy atom. The topological polar surface area (TPSA) is 66.5 Å². The highest BCUT2D eigenvalue weighted by Crippen LogP contribution is 2.29. The highest BCUT2D eigenvalue weighted by atomic mass is 35.5. The zero-order valence-electron chi connectivity index (χ0n) is 11.8. The van der Waals surface area contributed by atoms with Gasteiger partial charge in [-0.2, -0.15) is 4.31 Å². The quantitative estimate of drug-likeness (QED) is 0.905. The Kier molecular flexibility index (Phi) is 4.13. The Bertz CT molecular complexity index is 706. The van der Waals surface area contributed by atoms with Gasteiger partial charge in [-0.15, -0.1) is 0 Å². The number of hydrogen-bond acceptors (Lipinski definition) is 3. The smallest absolute Gasteiger partial charge is 0.243 e. The van der Waals surface area contributed by atoms with Gasteiger partial charge in [0.05, 0.1) is 9.92 Å². The molecule has 1 saturated heterocycles. The molecule has 5 nitrogen and oxygen atoms in total. The summed E-state index contributed by atoms with van der Waals surface area (Å²) in [6.07, 6.45) is 3.00. The average molecular weight is 347 g/mol. The lowest BCUT2D eigenvalue weighted by atomic mass is 10.2. The van der Waals surface area contributed by atoms with E-state index in [4.69, 9.17) is 11.6 Å². The molecule has 0 radical (unpaired) electrons. The van der Waals surface area contributed by atoms with Crippen LogP contribution in [0.1, 0.15) is 25.7 Å². The SMILES string of the molecule is O=C(NC1CC1)C1CCCN1S(=O)(=O)c1ccc(F)c(Cl)c1. The van der Waals surface area contributed by atoms with Crippen LogP contribution in [0.15, 0.2) is 23.1 Å². The maximum Gasteiger partial charge on any atom is 0.243 e. The normalized spacial score (nSPS) is 22.7. The number of carbonyl (C=O) groups is 1. The number of nitrogens with one attached hydrogen (secondary N) is 1. The summed E-state index contributed by atoms with van der Waals surface area (Å²) in [7, 11) is -3.87. The Morgan fingerprint density at radius 3 is 2.68 bits per heavy atom. The van der Waals surface area contributed by atoms with Gasteiger partial charge in [0.25, 0.3) is 0 Å². The van der Waals surface area contributed by atoms with E-state index < -0.39 is 21.9 Å². The Morgan fingerprint density at radius 2 is 2.05 bits per heavy atom. The Balaban J connectivity index is 1.86. The number of benzene rings is 1. The second-order valence-corrected chi connectivity index (χ2v) is 7.93. The van der Waals surface area contributed by atoms with Crippen LogP contribution in [0, 0.1) is 5.82 Å². The van der Waals surface area contributed by atoms with Gasteiger partial charge in [-0.05, 0) is 43.9 Å². The van der Waals surface area contributed by atoms with Crippen LogP contribution < -0.4 is 5.32 Å². The predicted octanol–water partition coefficient (Wildman–Crippen LogP) is 1.91. The van der Waals surface area contributed by atoms with Crippen LogP contribution in [0.4, 0.5) is 4.39 Å². The maximum atomic E-state index is 13.2. The molecule has 1 aromatic rings. The first-order valence-electron chi connectivity index (χ1n) is 7.17. The highest BCUT2D eigenvalue weighted by Gasteiger charge is 2.40. The van der Waals surface area contributed by atoms with E-state index in [9.17, 15) is 17.6 Å². The van der Waals surface area contributed by atoms with Crippen LogP contribution in [0.5, 0.6) is 0 Å². The molecule has 1 saturated carbocycles. The monoisotopic (exact) mass is 346 g/mol. The molecule has 1 N–H and O–H groups in total. The van der Waals surface area contributed by atoms with E-state index in [0.29, 0.717) is 12.8 Å². The van der Waals surface area contributed by atoms with E-state index in [1.54, 1.807) is 0 Å². The van der Waals surface area contributed by atoms with Gasteiger partial charge >= 0.3 is 0 Å². The summed E-state index contributed by atoms with van der Waals surface area (Å²) in [5, 5.41) is 2.59. The van der Waals surface area contributed by atoms with Crippen molar-refractivity contribution in [1.29, 1.82) is 0 Å². The molecular formula is C14H16ClFN2O3S. The fourth-order valence-electron chi connectivity index (χ4n) is 2.59. The van der Waals surface area contributed by atoms with Crippen molar-refractivity contribution < 1.29 is 17.6 Å². The third-order valence-corrected chi connectivity index (χ3v) is 6.12. The van der Waals surface area contributed by atoms with Gasteiger partial charge in [-0.25, -0.2) is 12.8 Å². The van der Waals surface area contributed by atoms with Gasteiger partial charge in [-0.1, -0.05) is 11.6 Å². The van der Waals surface area contributed by atoms with E-state index in [-0.39, 0.29) is 28.4 Å². The first kappa shape index (κ1) is 15.7. The second kappa shape index (κ2) is 5.79. The lowest BCUT2D eigenvalue weighted by Gasteiger charge is -2.23. The van der Waals surface area contributed by atoms with Crippen molar-refractivity contribution in [2.45, 2.75) is 42.7 Å². The molecule has 0 aromatic heterocycles. The van der Waals surface area contributed by atoms with E-state index in [1.807, 2.05) is 0 Å². The molecule has 3 rings (SSSR count). The first-order chi connectivity index (χ1) is 10.4. The molecule has 0 bridgehead atoms. The van der Waals surface area contributed by atoms with Crippen molar-refractivity contribution in [2.24, 2.45) is 0 Å². The molecule has 1 atom stereocenters. The minimum Gasteiger partial charge on any atom is -0.352 e.